The summed E-state index contributed by atoms with van der Waals surface area (Å²) in [6.45, 7) is 2.00. The van der Waals surface area contributed by atoms with Gasteiger partial charge in [-0.1, -0.05) is 18.2 Å². The summed E-state index contributed by atoms with van der Waals surface area (Å²) in [5.74, 6) is 1.36. The van der Waals surface area contributed by atoms with Gasteiger partial charge in [0, 0.05) is 18.0 Å². The summed E-state index contributed by atoms with van der Waals surface area (Å²) >= 11 is 1.84. The van der Waals surface area contributed by atoms with Gasteiger partial charge in [0.15, 0.2) is 34.5 Å². The van der Waals surface area contributed by atoms with E-state index in [4.69, 9.17) is 7.80 Å². The summed E-state index contributed by atoms with van der Waals surface area (Å²) < 4.78 is 10.6. The minimum Gasteiger partial charge on any atom is -0.493 e. The van der Waals surface area contributed by atoms with Crippen molar-refractivity contribution in [3.05, 3.63) is 36.4 Å². The van der Waals surface area contributed by atoms with Crippen molar-refractivity contribution in [1.29, 1.82) is 0 Å². The van der Waals surface area contributed by atoms with Crippen molar-refractivity contribution >= 4 is 40.3 Å². The predicted octanol–water partition coefficient (Wildman–Crippen LogP) is 4.23. The number of para-hydroxylation sites is 1. The Hall–Kier alpha value is -1.96. The molecule has 0 aliphatic carbocycles. The number of benzene rings is 2. The van der Waals surface area contributed by atoms with Gasteiger partial charge in [-0.2, -0.15) is 0 Å². The Morgan fingerprint density at radius 2 is 2.04 bits per heavy atom. The Morgan fingerprint density at radius 3 is 2.78 bits per heavy atom. The molecule has 1 atom stereocenters. The van der Waals surface area contributed by atoms with Gasteiger partial charge in [-0.05, 0) is 30.7 Å². The van der Waals surface area contributed by atoms with Crippen LogP contribution in [0.3, 0.4) is 0 Å². The largest absolute Gasteiger partial charge is 0.493 e. The lowest BCUT2D eigenvalue weighted by Gasteiger charge is -2.17. The van der Waals surface area contributed by atoms with Crippen molar-refractivity contribution in [3.8, 4) is 22.6 Å². The van der Waals surface area contributed by atoms with Crippen molar-refractivity contribution in [1.82, 2.24) is 0 Å². The van der Waals surface area contributed by atoms with Gasteiger partial charge < -0.3 is 18.4 Å². The van der Waals surface area contributed by atoms with Gasteiger partial charge >= 0.3 is 0 Å². The zero-order valence-electron chi connectivity index (χ0n) is 12.9. The van der Waals surface area contributed by atoms with Crippen LogP contribution in [-0.4, -0.2) is 19.1 Å². The Morgan fingerprint density at radius 1 is 1.22 bits per heavy atom. The minimum absolute atomic E-state index is 0.0203. The van der Waals surface area contributed by atoms with Crippen molar-refractivity contribution in [2.24, 2.45) is 0 Å². The van der Waals surface area contributed by atoms with E-state index in [1.165, 1.54) is 0 Å². The van der Waals surface area contributed by atoms with E-state index in [2.05, 4.69) is 10.6 Å². The number of nitrogens with one attached hydrogen (secondary N) is 2. The Kier molecular flexibility index (Phi) is 4.61. The third kappa shape index (κ3) is 3.21. The van der Waals surface area contributed by atoms with Crippen LogP contribution in [0.25, 0.3) is 11.1 Å². The third-order valence-electron chi connectivity index (χ3n) is 3.78. The van der Waals surface area contributed by atoms with Crippen LogP contribution < -0.4 is 18.4 Å². The highest BCUT2D eigenvalue weighted by molar-refractivity contribution is 14.1. The van der Waals surface area contributed by atoms with Gasteiger partial charge in [-0.15, -0.1) is 0 Å². The van der Waals surface area contributed by atoms with Crippen LogP contribution in [0.15, 0.2) is 36.4 Å². The molecule has 5 nitrogen and oxygen atoms in total. The summed E-state index contributed by atoms with van der Waals surface area (Å²) in [7, 11) is 1.61. The number of amides is 1. The monoisotopic (exact) mass is 424 g/mol. The second-order valence-electron chi connectivity index (χ2n) is 5.47. The molecule has 120 valence electrons. The molecule has 0 unspecified atom stereocenters. The van der Waals surface area contributed by atoms with E-state index in [0.29, 0.717) is 17.9 Å². The minimum atomic E-state index is 0.0203. The van der Waals surface area contributed by atoms with Gasteiger partial charge in [0.2, 0.25) is 5.91 Å². The maximum atomic E-state index is 11.9. The fourth-order valence-corrected chi connectivity index (χ4v) is 3.08. The molecule has 0 fully saturated rings. The molecular formula is C17H17IN2O3. The number of ether oxygens (including phenoxy) is 1. The van der Waals surface area contributed by atoms with E-state index < -0.39 is 0 Å². The normalized spacial score (nSPS) is 16.7. The van der Waals surface area contributed by atoms with Crippen LogP contribution in [0.4, 0.5) is 11.4 Å². The molecule has 0 saturated heterocycles. The van der Waals surface area contributed by atoms with Crippen LogP contribution >= 0.6 is 23.0 Å². The van der Waals surface area contributed by atoms with E-state index in [9.17, 15) is 4.79 Å². The molecule has 1 amide bonds. The second kappa shape index (κ2) is 6.66. The Bertz CT molecular complexity index is 749. The van der Waals surface area contributed by atoms with Gasteiger partial charge in [0.25, 0.3) is 0 Å². The van der Waals surface area contributed by atoms with Crippen LogP contribution in [0.5, 0.6) is 11.5 Å². The average Bonchev–Trinajstić information content (AvgIpc) is 2.70. The quantitative estimate of drug-likeness (QED) is 0.725. The van der Waals surface area contributed by atoms with Crippen molar-refractivity contribution in [2.45, 2.75) is 19.4 Å². The zero-order chi connectivity index (χ0) is 16.4. The molecule has 1 heterocycles. The van der Waals surface area contributed by atoms with Gasteiger partial charge in [0.1, 0.15) is 0 Å². The summed E-state index contributed by atoms with van der Waals surface area (Å²) in [6, 6.07) is 11.7. The maximum absolute atomic E-state index is 11.9. The zero-order valence-corrected chi connectivity index (χ0v) is 15.0. The first-order chi connectivity index (χ1) is 11.1. The molecule has 0 bridgehead atoms. The van der Waals surface area contributed by atoms with Crippen molar-refractivity contribution in [2.75, 3.05) is 17.7 Å². The van der Waals surface area contributed by atoms with E-state index in [-0.39, 0.29) is 11.9 Å². The second-order valence-corrected chi connectivity index (χ2v) is 5.91. The first kappa shape index (κ1) is 15.9. The fourth-order valence-electron chi connectivity index (χ4n) is 2.73. The summed E-state index contributed by atoms with van der Waals surface area (Å²) in [5.41, 5.74) is 3.72. The molecule has 23 heavy (non-hydrogen) atoms. The molecule has 1 aliphatic rings. The molecule has 2 N–H and O–H groups in total. The highest BCUT2D eigenvalue weighted by atomic mass is 127. The van der Waals surface area contributed by atoms with Crippen molar-refractivity contribution < 1.29 is 12.6 Å². The van der Waals surface area contributed by atoms with Crippen LogP contribution in [0.1, 0.15) is 13.3 Å². The molecule has 0 aromatic heterocycles. The fraction of sp³-hybridized carbons (Fsp3) is 0.235. The van der Waals surface area contributed by atoms with Gasteiger partial charge in [0.05, 0.1) is 18.5 Å². The number of halogens is 1. The number of carbonyl (C=O) groups is 1. The molecule has 0 saturated carbocycles. The first-order valence-electron chi connectivity index (χ1n) is 7.28. The number of methoxy groups -OCH3 is 1. The Balaban J connectivity index is 2.11. The summed E-state index contributed by atoms with van der Waals surface area (Å²) in [4.78, 5) is 11.9. The number of anilines is 2. The molecule has 6 heteroatoms. The van der Waals surface area contributed by atoms with E-state index in [1.54, 1.807) is 7.11 Å². The maximum Gasteiger partial charge on any atom is 0.226 e. The molecule has 2 aromatic rings. The first-order valence-corrected chi connectivity index (χ1v) is 8.17. The van der Waals surface area contributed by atoms with Crippen LogP contribution in [-0.2, 0) is 4.79 Å². The number of carbonyl (C=O) groups excluding carboxylic acids is 1. The van der Waals surface area contributed by atoms with Gasteiger partial charge in [-0.25, -0.2) is 0 Å². The van der Waals surface area contributed by atoms with E-state index in [1.807, 2.05) is 66.3 Å². The van der Waals surface area contributed by atoms with Crippen LogP contribution in [0, 0.1) is 0 Å². The highest BCUT2D eigenvalue weighted by Crippen LogP contribution is 2.40. The number of fused-ring (bicyclic) bond motifs is 1. The lowest BCUT2D eigenvalue weighted by Crippen LogP contribution is -2.19. The standard InChI is InChI=1S/C17H17IN2O3/c1-10-8-16(21)20-13-5-3-4-12(17(13)19-10)11-6-7-14(22-2)15(9-11)23-18/h3-7,9-10,19H,8H2,1-2H3,(H,20,21)/t10-/m1/s1. The lowest BCUT2D eigenvalue weighted by atomic mass is 10.0. The predicted molar refractivity (Wildman–Crippen MR) is 99.4 cm³/mol. The summed E-state index contributed by atoms with van der Waals surface area (Å²) in [6.07, 6.45) is 0.443. The topological polar surface area (TPSA) is 59.6 Å². The third-order valence-corrected chi connectivity index (χ3v) is 4.25. The lowest BCUT2D eigenvalue weighted by molar-refractivity contribution is -0.116. The number of rotatable bonds is 3. The SMILES string of the molecule is COc1ccc(-c2cccc3c2N[C@H](C)CC(=O)N3)cc1OI. The summed E-state index contributed by atoms with van der Waals surface area (Å²) in [5, 5.41) is 6.38. The van der Waals surface area contributed by atoms with Crippen molar-refractivity contribution in [3.63, 3.8) is 0 Å². The average molecular weight is 424 g/mol. The van der Waals surface area contributed by atoms with E-state index >= 15 is 0 Å². The number of hydrogen-bond donors (Lipinski definition) is 2. The highest BCUT2D eigenvalue weighted by Gasteiger charge is 2.20. The smallest absolute Gasteiger partial charge is 0.226 e. The van der Waals surface area contributed by atoms with E-state index in [0.717, 1.165) is 22.5 Å². The van der Waals surface area contributed by atoms with Gasteiger partial charge in [-0.3, -0.25) is 4.79 Å². The van der Waals surface area contributed by atoms with Crippen LogP contribution in [0.2, 0.25) is 0 Å². The molecule has 1 aliphatic heterocycles. The molecule has 3 rings (SSSR count). The molecule has 0 radical (unpaired) electrons. The Labute approximate surface area is 149 Å². The number of hydrogen-bond acceptors (Lipinski definition) is 4. The molecule has 2 aromatic carbocycles. The molecular weight excluding hydrogens is 407 g/mol. The molecule has 0 spiro atoms.